The standard InChI is InChI=1S/C21H34N2/c1-17-16-18(21(2,3)4)8-9-20(17)23-14-10-19(11-15-23)22-12-6-5-7-13-22/h8-9,16,19H,5-7,10-15H2,1-4H3. The Labute approximate surface area is 142 Å². The van der Waals surface area contributed by atoms with E-state index in [-0.39, 0.29) is 5.41 Å². The Morgan fingerprint density at radius 3 is 2.13 bits per heavy atom. The number of anilines is 1. The topological polar surface area (TPSA) is 6.48 Å². The summed E-state index contributed by atoms with van der Waals surface area (Å²) in [5, 5.41) is 0. The van der Waals surface area contributed by atoms with E-state index in [1.807, 2.05) is 0 Å². The van der Waals surface area contributed by atoms with Gasteiger partial charge >= 0.3 is 0 Å². The van der Waals surface area contributed by atoms with Gasteiger partial charge in [0.15, 0.2) is 0 Å². The van der Waals surface area contributed by atoms with Gasteiger partial charge in [-0.2, -0.15) is 0 Å². The molecule has 2 heterocycles. The zero-order chi connectivity index (χ0) is 16.4. The lowest BCUT2D eigenvalue weighted by Crippen LogP contribution is -2.46. The van der Waals surface area contributed by atoms with Crippen LogP contribution < -0.4 is 4.90 Å². The molecule has 1 aromatic rings. The van der Waals surface area contributed by atoms with Crippen LogP contribution in [0, 0.1) is 6.92 Å². The quantitative estimate of drug-likeness (QED) is 0.777. The normalized spacial score (nSPS) is 21.7. The van der Waals surface area contributed by atoms with Crippen molar-refractivity contribution in [2.75, 3.05) is 31.1 Å². The summed E-state index contributed by atoms with van der Waals surface area (Å²) in [5.74, 6) is 0. The summed E-state index contributed by atoms with van der Waals surface area (Å²) in [6.07, 6.45) is 6.93. The van der Waals surface area contributed by atoms with Crippen molar-refractivity contribution in [2.45, 2.75) is 71.3 Å². The van der Waals surface area contributed by atoms with Crippen molar-refractivity contribution < 1.29 is 0 Å². The number of likely N-dealkylation sites (tertiary alicyclic amines) is 1. The molecule has 2 nitrogen and oxygen atoms in total. The van der Waals surface area contributed by atoms with Gasteiger partial charge in [-0.3, -0.25) is 0 Å². The molecular formula is C21H34N2. The van der Waals surface area contributed by atoms with Crippen molar-refractivity contribution in [1.29, 1.82) is 0 Å². The fraction of sp³-hybridized carbons (Fsp3) is 0.714. The number of benzene rings is 1. The van der Waals surface area contributed by atoms with Gasteiger partial charge in [0.05, 0.1) is 0 Å². The highest BCUT2D eigenvalue weighted by Crippen LogP contribution is 2.30. The third-order valence-corrected chi connectivity index (χ3v) is 5.78. The van der Waals surface area contributed by atoms with Crippen molar-refractivity contribution in [3.8, 4) is 0 Å². The Kier molecular flexibility index (Phi) is 5.01. The third-order valence-electron chi connectivity index (χ3n) is 5.78. The molecule has 3 rings (SSSR count). The van der Waals surface area contributed by atoms with Crippen LogP contribution in [-0.2, 0) is 5.41 Å². The Morgan fingerprint density at radius 2 is 1.57 bits per heavy atom. The van der Waals surface area contributed by atoms with E-state index in [0.29, 0.717) is 0 Å². The molecule has 2 aliphatic heterocycles. The number of hydrogen-bond acceptors (Lipinski definition) is 2. The summed E-state index contributed by atoms with van der Waals surface area (Å²) in [6.45, 7) is 14.3. The van der Waals surface area contributed by atoms with Gasteiger partial charge in [-0.25, -0.2) is 0 Å². The number of nitrogens with zero attached hydrogens (tertiary/aromatic N) is 2. The highest BCUT2D eigenvalue weighted by atomic mass is 15.2. The largest absolute Gasteiger partial charge is 0.371 e. The fourth-order valence-electron chi connectivity index (χ4n) is 4.23. The molecule has 0 bridgehead atoms. The minimum atomic E-state index is 0.241. The first-order chi connectivity index (χ1) is 10.9. The number of rotatable bonds is 2. The first-order valence-corrected chi connectivity index (χ1v) is 9.55. The van der Waals surface area contributed by atoms with Crippen molar-refractivity contribution in [1.82, 2.24) is 4.90 Å². The molecule has 0 N–H and O–H groups in total. The van der Waals surface area contributed by atoms with E-state index in [0.717, 1.165) is 6.04 Å². The predicted octanol–water partition coefficient (Wildman–Crippen LogP) is 4.75. The van der Waals surface area contributed by atoms with E-state index in [9.17, 15) is 0 Å². The summed E-state index contributed by atoms with van der Waals surface area (Å²) < 4.78 is 0. The fourth-order valence-corrected chi connectivity index (χ4v) is 4.23. The molecule has 0 aliphatic carbocycles. The molecule has 2 aliphatic rings. The molecule has 23 heavy (non-hydrogen) atoms. The Morgan fingerprint density at radius 1 is 0.913 bits per heavy atom. The van der Waals surface area contributed by atoms with Crippen molar-refractivity contribution in [3.63, 3.8) is 0 Å². The van der Waals surface area contributed by atoms with Crippen LogP contribution in [0.1, 0.15) is 64.0 Å². The molecule has 0 aromatic heterocycles. The van der Waals surface area contributed by atoms with Crippen LogP contribution in [-0.4, -0.2) is 37.1 Å². The van der Waals surface area contributed by atoms with Crippen molar-refractivity contribution in [2.24, 2.45) is 0 Å². The van der Waals surface area contributed by atoms with Crippen LogP contribution in [0.2, 0.25) is 0 Å². The van der Waals surface area contributed by atoms with Crippen LogP contribution in [0.3, 0.4) is 0 Å². The van der Waals surface area contributed by atoms with Gasteiger partial charge in [0.25, 0.3) is 0 Å². The highest BCUT2D eigenvalue weighted by molar-refractivity contribution is 5.55. The van der Waals surface area contributed by atoms with Gasteiger partial charge in [-0.15, -0.1) is 0 Å². The van der Waals surface area contributed by atoms with Crippen LogP contribution in [0.25, 0.3) is 0 Å². The SMILES string of the molecule is Cc1cc(C(C)(C)C)ccc1N1CCC(N2CCCCC2)CC1. The number of piperidine rings is 2. The molecule has 128 valence electrons. The Bertz CT molecular complexity index is 515. The average Bonchev–Trinajstić information content (AvgIpc) is 2.55. The first-order valence-electron chi connectivity index (χ1n) is 9.55. The smallest absolute Gasteiger partial charge is 0.0396 e. The highest BCUT2D eigenvalue weighted by Gasteiger charge is 2.26. The van der Waals surface area contributed by atoms with Gasteiger partial charge < -0.3 is 9.80 Å². The maximum Gasteiger partial charge on any atom is 0.0396 e. The Hall–Kier alpha value is -1.02. The third kappa shape index (κ3) is 3.91. The zero-order valence-corrected chi connectivity index (χ0v) is 15.6. The molecule has 2 heteroatoms. The Balaban J connectivity index is 1.63. The summed E-state index contributed by atoms with van der Waals surface area (Å²) in [4.78, 5) is 5.37. The second-order valence-corrected chi connectivity index (χ2v) is 8.57. The lowest BCUT2D eigenvalue weighted by molar-refractivity contribution is 0.141. The molecule has 1 aromatic carbocycles. The van der Waals surface area contributed by atoms with Gasteiger partial charge in [-0.05, 0) is 68.3 Å². The first kappa shape index (κ1) is 16.8. The minimum absolute atomic E-state index is 0.241. The minimum Gasteiger partial charge on any atom is -0.371 e. The van der Waals surface area contributed by atoms with Crippen LogP contribution in [0.4, 0.5) is 5.69 Å². The molecule has 0 atom stereocenters. The van der Waals surface area contributed by atoms with Crippen molar-refractivity contribution >= 4 is 5.69 Å². The molecule has 2 fully saturated rings. The molecular weight excluding hydrogens is 280 g/mol. The average molecular weight is 315 g/mol. The van der Waals surface area contributed by atoms with Crippen LogP contribution >= 0.6 is 0 Å². The van der Waals surface area contributed by atoms with E-state index in [1.165, 1.54) is 75.1 Å². The van der Waals surface area contributed by atoms with E-state index >= 15 is 0 Å². The van der Waals surface area contributed by atoms with E-state index in [4.69, 9.17) is 0 Å². The molecule has 0 saturated carbocycles. The summed E-state index contributed by atoms with van der Waals surface area (Å²) in [7, 11) is 0. The van der Waals surface area contributed by atoms with Crippen LogP contribution in [0.5, 0.6) is 0 Å². The zero-order valence-electron chi connectivity index (χ0n) is 15.6. The van der Waals surface area contributed by atoms with Gasteiger partial charge in [0.1, 0.15) is 0 Å². The van der Waals surface area contributed by atoms with Gasteiger partial charge in [-0.1, -0.05) is 39.3 Å². The second kappa shape index (κ2) is 6.84. The van der Waals surface area contributed by atoms with Gasteiger partial charge in [0, 0.05) is 24.8 Å². The second-order valence-electron chi connectivity index (χ2n) is 8.57. The number of aryl methyl sites for hydroxylation is 1. The molecule has 0 radical (unpaired) electrons. The lowest BCUT2D eigenvalue weighted by atomic mass is 9.86. The molecule has 2 saturated heterocycles. The lowest BCUT2D eigenvalue weighted by Gasteiger charge is -2.41. The monoisotopic (exact) mass is 314 g/mol. The molecule has 0 amide bonds. The maximum absolute atomic E-state index is 2.76. The summed E-state index contributed by atoms with van der Waals surface area (Å²) >= 11 is 0. The summed E-state index contributed by atoms with van der Waals surface area (Å²) in [6, 6.07) is 7.92. The van der Waals surface area contributed by atoms with E-state index in [1.54, 1.807) is 0 Å². The predicted molar refractivity (Wildman–Crippen MR) is 101 cm³/mol. The molecule has 0 unspecified atom stereocenters. The van der Waals surface area contributed by atoms with Crippen molar-refractivity contribution in [3.05, 3.63) is 29.3 Å². The van der Waals surface area contributed by atoms with E-state index < -0.39 is 0 Å². The van der Waals surface area contributed by atoms with E-state index in [2.05, 4.69) is 55.7 Å². The molecule has 0 spiro atoms. The van der Waals surface area contributed by atoms with Crippen LogP contribution in [0.15, 0.2) is 18.2 Å². The van der Waals surface area contributed by atoms with Gasteiger partial charge in [0.2, 0.25) is 0 Å². The summed E-state index contributed by atoms with van der Waals surface area (Å²) in [5.41, 5.74) is 4.58. The number of hydrogen-bond donors (Lipinski definition) is 0. The maximum atomic E-state index is 2.76.